The number of rotatable bonds is 4. The minimum Gasteiger partial charge on any atom is -0.473 e. The molecule has 1 atom stereocenters. The summed E-state index contributed by atoms with van der Waals surface area (Å²) in [6.45, 7) is 0. The molecule has 2 aliphatic rings. The third kappa shape index (κ3) is 2.77. The number of ether oxygens (including phenoxy) is 1. The second-order valence-corrected chi connectivity index (χ2v) is 5.86. The smallest absolute Gasteiger partial charge is 0.256 e. The van der Waals surface area contributed by atoms with Crippen LogP contribution in [0.1, 0.15) is 29.6 Å². The Morgan fingerprint density at radius 3 is 3.06 bits per heavy atom. The van der Waals surface area contributed by atoms with E-state index in [1.807, 2.05) is 11.8 Å². The molecule has 2 fully saturated rings. The molecule has 1 N–H and O–H groups in total. The number of nitrogens with one attached hydrogen (secondary N) is 1. The first-order valence-electron chi connectivity index (χ1n) is 6.33. The molecule has 2 heterocycles. The van der Waals surface area contributed by atoms with Crippen LogP contribution in [0.25, 0.3) is 0 Å². The highest BCUT2D eigenvalue weighted by Crippen LogP contribution is 2.25. The lowest BCUT2D eigenvalue weighted by Gasteiger charge is -2.14. The van der Waals surface area contributed by atoms with Gasteiger partial charge in [-0.2, -0.15) is 11.8 Å². The van der Waals surface area contributed by atoms with Gasteiger partial charge in [-0.1, -0.05) is 0 Å². The largest absolute Gasteiger partial charge is 0.473 e. The van der Waals surface area contributed by atoms with E-state index >= 15 is 0 Å². The zero-order valence-electron chi connectivity index (χ0n) is 10.1. The Morgan fingerprint density at radius 1 is 1.44 bits per heavy atom. The van der Waals surface area contributed by atoms with Crippen LogP contribution in [0, 0.1) is 0 Å². The maximum Gasteiger partial charge on any atom is 0.256 e. The zero-order valence-corrected chi connectivity index (χ0v) is 10.9. The van der Waals surface area contributed by atoms with Crippen molar-refractivity contribution in [2.45, 2.75) is 31.4 Å². The Kier molecular flexibility index (Phi) is 3.41. The van der Waals surface area contributed by atoms with Crippen molar-refractivity contribution < 1.29 is 9.53 Å². The zero-order chi connectivity index (χ0) is 12.4. The number of hydrogen-bond donors (Lipinski definition) is 1. The van der Waals surface area contributed by atoms with Crippen molar-refractivity contribution in [3.63, 3.8) is 0 Å². The minimum absolute atomic E-state index is 0.0637. The lowest BCUT2D eigenvalue weighted by atomic mass is 10.2. The molecule has 1 saturated carbocycles. The van der Waals surface area contributed by atoms with Gasteiger partial charge in [0.05, 0.1) is 0 Å². The Hall–Kier alpha value is -1.23. The van der Waals surface area contributed by atoms with E-state index in [0.29, 0.717) is 17.5 Å². The molecule has 1 aromatic heterocycles. The van der Waals surface area contributed by atoms with Crippen LogP contribution < -0.4 is 10.1 Å². The fourth-order valence-corrected chi connectivity index (χ4v) is 3.01. The summed E-state index contributed by atoms with van der Waals surface area (Å²) in [5.74, 6) is 2.52. The molecule has 1 aliphatic heterocycles. The van der Waals surface area contributed by atoms with Crippen molar-refractivity contribution in [3.05, 3.63) is 23.9 Å². The molecule has 1 aromatic rings. The summed E-state index contributed by atoms with van der Waals surface area (Å²) in [6, 6.07) is 3.91. The van der Waals surface area contributed by atoms with Gasteiger partial charge >= 0.3 is 0 Å². The SMILES string of the molecule is O=C(NC1CC1)c1cccnc1OC1CCSC1. The summed E-state index contributed by atoms with van der Waals surface area (Å²) in [6.07, 6.45) is 5.07. The average Bonchev–Trinajstić information content (AvgIpc) is 3.04. The van der Waals surface area contributed by atoms with Crippen molar-refractivity contribution in [2.75, 3.05) is 11.5 Å². The molecule has 0 aromatic carbocycles. The molecule has 18 heavy (non-hydrogen) atoms. The van der Waals surface area contributed by atoms with Crippen LogP contribution in [-0.2, 0) is 0 Å². The quantitative estimate of drug-likeness (QED) is 0.902. The topological polar surface area (TPSA) is 51.2 Å². The summed E-state index contributed by atoms with van der Waals surface area (Å²) < 4.78 is 5.84. The molecule has 96 valence electrons. The van der Waals surface area contributed by atoms with Gasteiger partial charge in [-0.3, -0.25) is 4.79 Å². The summed E-state index contributed by atoms with van der Waals surface area (Å²) in [7, 11) is 0. The van der Waals surface area contributed by atoms with Crippen molar-refractivity contribution in [2.24, 2.45) is 0 Å². The van der Waals surface area contributed by atoms with Crippen molar-refractivity contribution in [3.8, 4) is 5.88 Å². The summed E-state index contributed by atoms with van der Waals surface area (Å²) >= 11 is 1.88. The van der Waals surface area contributed by atoms with E-state index in [1.165, 1.54) is 0 Å². The van der Waals surface area contributed by atoms with Crippen LogP contribution in [0.15, 0.2) is 18.3 Å². The molecule has 1 aliphatic carbocycles. The van der Waals surface area contributed by atoms with E-state index in [2.05, 4.69) is 10.3 Å². The molecule has 4 nitrogen and oxygen atoms in total. The molecule has 0 radical (unpaired) electrons. The maximum atomic E-state index is 12.1. The van der Waals surface area contributed by atoms with E-state index in [-0.39, 0.29) is 12.0 Å². The highest BCUT2D eigenvalue weighted by Gasteiger charge is 2.26. The summed E-state index contributed by atoms with van der Waals surface area (Å²) in [5, 5.41) is 2.97. The molecular weight excluding hydrogens is 248 g/mol. The number of aromatic nitrogens is 1. The van der Waals surface area contributed by atoms with Crippen LogP contribution in [-0.4, -0.2) is 34.5 Å². The fourth-order valence-electron chi connectivity index (χ4n) is 1.91. The number of amides is 1. The predicted molar refractivity (Wildman–Crippen MR) is 71.1 cm³/mol. The molecule has 1 saturated heterocycles. The molecule has 0 bridgehead atoms. The number of carbonyl (C=O) groups excluding carboxylic acids is 1. The van der Waals surface area contributed by atoms with E-state index < -0.39 is 0 Å². The fraction of sp³-hybridized carbons (Fsp3) is 0.538. The summed E-state index contributed by atoms with van der Waals surface area (Å²) in [5.41, 5.74) is 0.557. The molecule has 1 amide bonds. The Balaban J connectivity index is 1.73. The molecule has 1 unspecified atom stereocenters. The van der Waals surface area contributed by atoms with Crippen LogP contribution >= 0.6 is 11.8 Å². The molecular formula is C13H16N2O2S. The van der Waals surface area contributed by atoms with Gasteiger partial charge in [0.2, 0.25) is 5.88 Å². The first-order chi connectivity index (χ1) is 8.83. The van der Waals surface area contributed by atoms with Crippen LogP contribution in [0.2, 0.25) is 0 Å². The third-order valence-corrected chi connectivity index (χ3v) is 4.23. The van der Waals surface area contributed by atoms with Crippen LogP contribution in [0.3, 0.4) is 0 Å². The first kappa shape index (κ1) is 11.8. The standard InChI is InChI=1S/C13H16N2O2S/c16-12(15-9-3-4-9)11-2-1-6-14-13(11)17-10-5-7-18-8-10/h1-2,6,9-10H,3-5,7-8H2,(H,15,16). The van der Waals surface area contributed by atoms with E-state index in [4.69, 9.17) is 4.74 Å². The Morgan fingerprint density at radius 2 is 2.33 bits per heavy atom. The lowest BCUT2D eigenvalue weighted by Crippen LogP contribution is -2.27. The Labute approximate surface area is 111 Å². The highest BCUT2D eigenvalue weighted by atomic mass is 32.2. The maximum absolute atomic E-state index is 12.1. The first-order valence-corrected chi connectivity index (χ1v) is 7.48. The number of nitrogens with zero attached hydrogens (tertiary/aromatic N) is 1. The van der Waals surface area contributed by atoms with Crippen LogP contribution in [0.5, 0.6) is 5.88 Å². The van der Waals surface area contributed by atoms with Gasteiger partial charge in [0, 0.05) is 18.0 Å². The number of thioether (sulfide) groups is 1. The van der Waals surface area contributed by atoms with Crippen LogP contribution in [0.4, 0.5) is 0 Å². The minimum atomic E-state index is -0.0637. The molecule has 3 rings (SSSR count). The molecule has 0 spiro atoms. The molecule has 5 heteroatoms. The second kappa shape index (κ2) is 5.18. The van der Waals surface area contributed by atoms with E-state index in [1.54, 1.807) is 18.3 Å². The summed E-state index contributed by atoms with van der Waals surface area (Å²) in [4.78, 5) is 16.3. The normalized spacial score (nSPS) is 22.8. The highest BCUT2D eigenvalue weighted by molar-refractivity contribution is 7.99. The van der Waals surface area contributed by atoms with Gasteiger partial charge in [0.25, 0.3) is 5.91 Å². The van der Waals surface area contributed by atoms with Crippen molar-refractivity contribution in [1.29, 1.82) is 0 Å². The van der Waals surface area contributed by atoms with E-state index in [9.17, 15) is 4.79 Å². The second-order valence-electron chi connectivity index (χ2n) is 4.71. The van der Waals surface area contributed by atoms with Crippen molar-refractivity contribution >= 4 is 17.7 Å². The lowest BCUT2D eigenvalue weighted by molar-refractivity contribution is 0.0943. The van der Waals surface area contributed by atoms with Gasteiger partial charge in [-0.15, -0.1) is 0 Å². The Bertz CT molecular complexity index is 442. The number of hydrogen-bond acceptors (Lipinski definition) is 4. The van der Waals surface area contributed by atoms with Gasteiger partial charge in [-0.05, 0) is 37.1 Å². The van der Waals surface area contributed by atoms with Gasteiger partial charge < -0.3 is 10.1 Å². The average molecular weight is 264 g/mol. The van der Waals surface area contributed by atoms with Gasteiger partial charge in [0.1, 0.15) is 11.7 Å². The number of pyridine rings is 1. The predicted octanol–water partition coefficient (Wildman–Crippen LogP) is 1.86. The van der Waals surface area contributed by atoms with E-state index in [0.717, 1.165) is 30.8 Å². The third-order valence-electron chi connectivity index (χ3n) is 3.09. The van der Waals surface area contributed by atoms with Gasteiger partial charge in [0.15, 0.2) is 0 Å². The van der Waals surface area contributed by atoms with Gasteiger partial charge in [-0.25, -0.2) is 4.98 Å². The van der Waals surface area contributed by atoms with Crippen molar-refractivity contribution in [1.82, 2.24) is 10.3 Å². The number of carbonyl (C=O) groups is 1. The monoisotopic (exact) mass is 264 g/mol.